The minimum atomic E-state index is -0.284. The molecule has 100 valence electrons. The Morgan fingerprint density at radius 3 is 2.70 bits per heavy atom. The third kappa shape index (κ3) is 2.28. The number of para-hydroxylation sites is 3. The molecule has 3 aromatic rings. The molecule has 1 aromatic heterocycles. The van der Waals surface area contributed by atoms with E-state index in [-0.39, 0.29) is 5.97 Å². The fourth-order valence-corrected chi connectivity index (χ4v) is 1.91. The highest BCUT2D eigenvalue weighted by Crippen LogP contribution is 2.31. The van der Waals surface area contributed by atoms with Crippen LogP contribution in [0.1, 0.15) is 13.3 Å². The molecule has 0 atom stereocenters. The Labute approximate surface area is 116 Å². The molecule has 0 radical (unpaired) electrons. The minimum absolute atomic E-state index is 0.284. The summed E-state index contributed by atoms with van der Waals surface area (Å²) >= 11 is 0. The Morgan fingerprint density at radius 2 is 1.90 bits per heavy atom. The number of nitrogens with zero attached hydrogens (tertiary/aromatic N) is 1. The first-order chi connectivity index (χ1) is 9.78. The van der Waals surface area contributed by atoms with Gasteiger partial charge in [0.15, 0.2) is 5.58 Å². The Kier molecular flexibility index (Phi) is 3.21. The summed E-state index contributed by atoms with van der Waals surface area (Å²) in [5, 5.41) is 0. The summed E-state index contributed by atoms with van der Waals surface area (Å²) in [5.74, 6) is 0.630. The van der Waals surface area contributed by atoms with Gasteiger partial charge >= 0.3 is 5.97 Å². The van der Waals surface area contributed by atoms with Crippen molar-refractivity contribution in [2.45, 2.75) is 13.3 Å². The second-order valence-corrected chi connectivity index (χ2v) is 4.31. The first kappa shape index (κ1) is 12.4. The average Bonchev–Trinajstić information content (AvgIpc) is 2.91. The molecule has 4 heteroatoms. The van der Waals surface area contributed by atoms with Crippen molar-refractivity contribution in [3.63, 3.8) is 0 Å². The Morgan fingerprint density at radius 1 is 1.15 bits per heavy atom. The predicted molar refractivity (Wildman–Crippen MR) is 75.4 cm³/mol. The van der Waals surface area contributed by atoms with E-state index >= 15 is 0 Å². The standard InChI is InChI=1S/C16H13NO3/c1-2-15(18)19-13-9-5-3-7-11(13)16-17-12-8-4-6-10-14(12)20-16/h3-10H,2H2,1H3. The van der Waals surface area contributed by atoms with Crippen LogP contribution in [-0.2, 0) is 4.79 Å². The number of carbonyl (C=O) groups excluding carboxylic acids is 1. The van der Waals surface area contributed by atoms with Crippen molar-refractivity contribution in [2.24, 2.45) is 0 Å². The molecular formula is C16H13NO3. The van der Waals surface area contributed by atoms with Crippen molar-refractivity contribution in [3.05, 3.63) is 48.5 Å². The molecule has 1 heterocycles. The topological polar surface area (TPSA) is 52.3 Å². The summed E-state index contributed by atoms with van der Waals surface area (Å²) in [4.78, 5) is 15.9. The molecule has 0 spiro atoms. The summed E-state index contributed by atoms with van der Waals surface area (Å²) in [6.07, 6.45) is 0.321. The molecular weight excluding hydrogens is 254 g/mol. The van der Waals surface area contributed by atoms with Crippen molar-refractivity contribution in [2.75, 3.05) is 0 Å². The normalized spacial score (nSPS) is 10.7. The fourth-order valence-electron chi connectivity index (χ4n) is 1.91. The van der Waals surface area contributed by atoms with Crippen molar-refractivity contribution >= 4 is 17.1 Å². The van der Waals surface area contributed by atoms with Crippen LogP contribution in [0, 0.1) is 0 Å². The zero-order chi connectivity index (χ0) is 13.9. The molecule has 2 aromatic carbocycles. The lowest BCUT2D eigenvalue weighted by molar-refractivity contribution is -0.133. The van der Waals surface area contributed by atoms with Gasteiger partial charge in [-0.3, -0.25) is 4.79 Å². The summed E-state index contributed by atoms with van der Waals surface area (Å²) in [7, 11) is 0. The monoisotopic (exact) mass is 267 g/mol. The molecule has 0 bridgehead atoms. The zero-order valence-electron chi connectivity index (χ0n) is 11.0. The van der Waals surface area contributed by atoms with Gasteiger partial charge in [0.25, 0.3) is 0 Å². The van der Waals surface area contributed by atoms with E-state index < -0.39 is 0 Å². The summed E-state index contributed by atoms with van der Waals surface area (Å²) in [5.41, 5.74) is 2.16. The number of rotatable bonds is 3. The Hall–Kier alpha value is -2.62. The number of esters is 1. The molecule has 0 fully saturated rings. The van der Waals surface area contributed by atoms with Crippen molar-refractivity contribution < 1.29 is 13.9 Å². The molecule has 0 saturated carbocycles. The van der Waals surface area contributed by atoms with Crippen LogP contribution in [0.3, 0.4) is 0 Å². The lowest BCUT2D eigenvalue weighted by Crippen LogP contribution is -2.06. The maximum absolute atomic E-state index is 11.5. The van der Waals surface area contributed by atoms with Crippen LogP contribution < -0.4 is 4.74 Å². The number of fused-ring (bicyclic) bond motifs is 1. The van der Waals surface area contributed by atoms with E-state index in [9.17, 15) is 4.79 Å². The van der Waals surface area contributed by atoms with E-state index in [0.29, 0.717) is 29.2 Å². The lowest BCUT2D eigenvalue weighted by atomic mass is 10.2. The second kappa shape index (κ2) is 5.17. The number of hydrogen-bond donors (Lipinski definition) is 0. The van der Waals surface area contributed by atoms with Crippen LogP contribution in [0.2, 0.25) is 0 Å². The summed E-state index contributed by atoms with van der Waals surface area (Å²) in [6, 6.07) is 14.7. The molecule has 0 aliphatic rings. The van der Waals surface area contributed by atoms with Crippen molar-refractivity contribution in [1.82, 2.24) is 4.98 Å². The van der Waals surface area contributed by atoms with Gasteiger partial charge in [0, 0.05) is 6.42 Å². The average molecular weight is 267 g/mol. The van der Waals surface area contributed by atoms with Crippen LogP contribution in [0.4, 0.5) is 0 Å². The molecule has 20 heavy (non-hydrogen) atoms. The zero-order valence-corrected chi connectivity index (χ0v) is 11.0. The summed E-state index contributed by atoms with van der Waals surface area (Å²) < 4.78 is 11.0. The SMILES string of the molecule is CCC(=O)Oc1ccccc1-c1nc2ccccc2o1. The van der Waals surface area contributed by atoms with Gasteiger partial charge in [-0.2, -0.15) is 0 Å². The van der Waals surface area contributed by atoms with Crippen molar-refractivity contribution in [3.8, 4) is 17.2 Å². The quantitative estimate of drug-likeness (QED) is 0.535. The maximum Gasteiger partial charge on any atom is 0.310 e. The van der Waals surface area contributed by atoms with Gasteiger partial charge in [0.2, 0.25) is 5.89 Å². The predicted octanol–water partition coefficient (Wildman–Crippen LogP) is 3.81. The number of aromatic nitrogens is 1. The van der Waals surface area contributed by atoms with Crippen LogP contribution in [0.15, 0.2) is 52.9 Å². The van der Waals surface area contributed by atoms with Crippen LogP contribution in [-0.4, -0.2) is 11.0 Å². The number of benzene rings is 2. The van der Waals surface area contributed by atoms with Gasteiger partial charge in [-0.05, 0) is 24.3 Å². The minimum Gasteiger partial charge on any atom is -0.436 e. The molecule has 3 rings (SSSR count). The van der Waals surface area contributed by atoms with Gasteiger partial charge < -0.3 is 9.15 Å². The third-order valence-electron chi connectivity index (χ3n) is 2.92. The van der Waals surface area contributed by atoms with E-state index in [0.717, 1.165) is 5.52 Å². The highest BCUT2D eigenvalue weighted by molar-refractivity contribution is 5.79. The number of hydrogen-bond acceptors (Lipinski definition) is 4. The van der Waals surface area contributed by atoms with E-state index in [1.54, 1.807) is 13.0 Å². The summed E-state index contributed by atoms with van der Waals surface area (Å²) in [6.45, 7) is 1.75. The highest BCUT2D eigenvalue weighted by Gasteiger charge is 2.14. The molecule has 0 amide bonds. The second-order valence-electron chi connectivity index (χ2n) is 4.31. The number of ether oxygens (including phenoxy) is 1. The highest BCUT2D eigenvalue weighted by atomic mass is 16.5. The maximum atomic E-state index is 11.5. The van der Waals surface area contributed by atoms with Crippen molar-refractivity contribution in [1.29, 1.82) is 0 Å². The fraction of sp³-hybridized carbons (Fsp3) is 0.125. The van der Waals surface area contributed by atoms with Crippen LogP contribution in [0.5, 0.6) is 5.75 Å². The number of oxazole rings is 1. The van der Waals surface area contributed by atoms with E-state index in [1.165, 1.54) is 0 Å². The molecule has 0 N–H and O–H groups in total. The van der Waals surface area contributed by atoms with Crippen LogP contribution in [0.25, 0.3) is 22.6 Å². The van der Waals surface area contributed by atoms with E-state index in [4.69, 9.17) is 9.15 Å². The molecule has 0 saturated heterocycles. The van der Waals surface area contributed by atoms with Crippen LogP contribution >= 0.6 is 0 Å². The first-order valence-electron chi connectivity index (χ1n) is 6.43. The first-order valence-corrected chi connectivity index (χ1v) is 6.43. The van der Waals surface area contributed by atoms with Gasteiger partial charge in [-0.15, -0.1) is 0 Å². The number of carbonyl (C=O) groups is 1. The van der Waals surface area contributed by atoms with E-state index in [1.807, 2.05) is 42.5 Å². The lowest BCUT2D eigenvalue weighted by Gasteiger charge is -2.06. The molecule has 0 unspecified atom stereocenters. The molecule has 0 aliphatic carbocycles. The van der Waals surface area contributed by atoms with Gasteiger partial charge in [-0.1, -0.05) is 31.2 Å². The molecule has 0 aliphatic heterocycles. The Bertz CT molecular complexity index is 728. The largest absolute Gasteiger partial charge is 0.436 e. The Balaban J connectivity index is 2.07. The third-order valence-corrected chi connectivity index (χ3v) is 2.92. The molecule has 4 nitrogen and oxygen atoms in total. The van der Waals surface area contributed by atoms with Gasteiger partial charge in [0.1, 0.15) is 11.3 Å². The van der Waals surface area contributed by atoms with E-state index in [2.05, 4.69) is 4.98 Å². The van der Waals surface area contributed by atoms with Gasteiger partial charge in [-0.25, -0.2) is 4.98 Å². The smallest absolute Gasteiger partial charge is 0.310 e. The van der Waals surface area contributed by atoms with Gasteiger partial charge in [0.05, 0.1) is 5.56 Å².